The zero-order chi connectivity index (χ0) is 14.0. The third kappa shape index (κ3) is 2.82. The molecule has 1 fully saturated rings. The number of hydrogen-bond donors (Lipinski definition) is 1. The minimum absolute atomic E-state index is 0.141. The molecule has 1 unspecified atom stereocenters. The molecule has 7 nitrogen and oxygen atoms in total. The molecule has 1 aliphatic rings. The third-order valence-electron chi connectivity index (χ3n) is 2.81. The molecule has 0 bridgehead atoms. The summed E-state index contributed by atoms with van der Waals surface area (Å²) < 4.78 is 10.2. The number of nitro benzene ring substituents is 1. The average Bonchev–Trinajstić information content (AvgIpc) is 2.75. The standard InChI is InChI=1S/C12H13NO6/c1-7(14)9-6-8(13(16)17)2-3-10(9)19-11-4-5-18-12(11)15/h2-3,6-7,11,14H,4-5H2,1H3/t7-,11?/m1/s1. The number of aliphatic hydroxyl groups is 1. The van der Waals surface area contributed by atoms with Crippen molar-refractivity contribution in [2.24, 2.45) is 0 Å². The molecule has 1 aliphatic heterocycles. The number of rotatable bonds is 4. The van der Waals surface area contributed by atoms with E-state index in [1.807, 2.05) is 0 Å². The Balaban J connectivity index is 2.28. The van der Waals surface area contributed by atoms with Crippen LogP contribution in [-0.2, 0) is 9.53 Å². The molecule has 0 saturated carbocycles. The molecular formula is C12H13NO6. The van der Waals surface area contributed by atoms with Crippen molar-refractivity contribution in [2.45, 2.75) is 25.6 Å². The Labute approximate surface area is 108 Å². The number of carbonyl (C=O) groups excluding carboxylic acids is 1. The van der Waals surface area contributed by atoms with Gasteiger partial charge in [0.05, 0.1) is 17.6 Å². The summed E-state index contributed by atoms with van der Waals surface area (Å²) in [4.78, 5) is 21.5. The Kier molecular flexibility index (Phi) is 3.66. The van der Waals surface area contributed by atoms with Crippen LogP contribution in [0.4, 0.5) is 5.69 Å². The lowest BCUT2D eigenvalue weighted by molar-refractivity contribution is -0.385. The van der Waals surface area contributed by atoms with E-state index >= 15 is 0 Å². The number of carbonyl (C=O) groups is 1. The minimum atomic E-state index is -0.938. The predicted molar refractivity (Wildman–Crippen MR) is 63.7 cm³/mol. The zero-order valence-corrected chi connectivity index (χ0v) is 10.2. The third-order valence-corrected chi connectivity index (χ3v) is 2.81. The molecule has 2 atom stereocenters. The molecule has 7 heteroatoms. The second-order valence-corrected chi connectivity index (χ2v) is 4.22. The van der Waals surface area contributed by atoms with Gasteiger partial charge in [-0.3, -0.25) is 10.1 Å². The topological polar surface area (TPSA) is 98.9 Å². The lowest BCUT2D eigenvalue weighted by atomic mass is 10.1. The molecule has 1 N–H and O–H groups in total. The summed E-state index contributed by atoms with van der Waals surface area (Å²) in [5, 5.41) is 20.3. The van der Waals surface area contributed by atoms with Gasteiger partial charge < -0.3 is 14.6 Å². The van der Waals surface area contributed by atoms with Crippen LogP contribution in [-0.4, -0.2) is 28.7 Å². The Hall–Kier alpha value is -2.15. The van der Waals surface area contributed by atoms with Crippen molar-refractivity contribution in [2.75, 3.05) is 6.61 Å². The highest BCUT2D eigenvalue weighted by molar-refractivity contribution is 5.76. The first-order valence-corrected chi connectivity index (χ1v) is 5.78. The van der Waals surface area contributed by atoms with Crippen LogP contribution < -0.4 is 4.74 Å². The Morgan fingerprint density at radius 3 is 2.84 bits per heavy atom. The van der Waals surface area contributed by atoms with Crippen LogP contribution in [0.25, 0.3) is 0 Å². The highest BCUT2D eigenvalue weighted by Crippen LogP contribution is 2.31. The number of ether oxygens (including phenoxy) is 2. The van der Waals surface area contributed by atoms with E-state index in [4.69, 9.17) is 9.47 Å². The van der Waals surface area contributed by atoms with Crippen LogP contribution in [0.1, 0.15) is 25.0 Å². The molecule has 1 heterocycles. The molecule has 102 valence electrons. The molecule has 2 rings (SSSR count). The summed E-state index contributed by atoms with van der Waals surface area (Å²) in [6.07, 6.45) is -1.24. The van der Waals surface area contributed by atoms with Crippen LogP contribution in [0.5, 0.6) is 5.75 Å². The molecule has 1 aromatic carbocycles. The number of nitrogens with zero attached hydrogens (tertiary/aromatic N) is 1. The van der Waals surface area contributed by atoms with E-state index in [1.165, 1.54) is 25.1 Å². The highest BCUT2D eigenvalue weighted by atomic mass is 16.6. The lowest BCUT2D eigenvalue weighted by Crippen LogP contribution is -2.22. The molecule has 0 aliphatic carbocycles. The first-order valence-electron chi connectivity index (χ1n) is 5.78. The molecule has 0 spiro atoms. The van der Waals surface area contributed by atoms with E-state index in [9.17, 15) is 20.0 Å². The van der Waals surface area contributed by atoms with Crippen molar-refractivity contribution >= 4 is 11.7 Å². The van der Waals surface area contributed by atoms with Gasteiger partial charge in [-0.15, -0.1) is 0 Å². The van der Waals surface area contributed by atoms with Gasteiger partial charge in [-0.2, -0.15) is 0 Å². The van der Waals surface area contributed by atoms with E-state index in [0.717, 1.165) is 0 Å². The number of cyclic esters (lactones) is 1. The summed E-state index contributed by atoms with van der Waals surface area (Å²) >= 11 is 0. The molecule has 1 saturated heterocycles. The first-order chi connectivity index (χ1) is 8.99. The SMILES string of the molecule is C[C@@H](O)c1cc([N+](=O)[O-])ccc1OC1CCOC1=O. The van der Waals surface area contributed by atoms with Crippen LogP contribution in [0.15, 0.2) is 18.2 Å². The van der Waals surface area contributed by atoms with Gasteiger partial charge in [0.15, 0.2) is 6.10 Å². The average molecular weight is 267 g/mol. The molecule has 0 aromatic heterocycles. The van der Waals surface area contributed by atoms with Crippen LogP contribution >= 0.6 is 0 Å². The van der Waals surface area contributed by atoms with Gasteiger partial charge in [-0.05, 0) is 13.0 Å². The largest absolute Gasteiger partial charge is 0.478 e. The Bertz CT molecular complexity index is 513. The second-order valence-electron chi connectivity index (χ2n) is 4.22. The number of nitro groups is 1. The van der Waals surface area contributed by atoms with Crippen molar-refractivity contribution in [1.29, 1.82) is 0 Å². The van der Waals surface area contributed by atoms with Gasteiger partial charge in [-0.25, -0.2) is 4.79 Å². The lowest BCUT2D eigenvalue weighted by Gasteiger charge is -2.15. The number of hydrogen-bond acceptors (Lipinski definition) is 6. The van der Waals surface area contributed by atoms with E-state index in [0.29, 0.717) is 13.0 Å². The molecular weight excluding hydrogens is 254 g/mol. The normalized spacial score (nSPS) is 19.9. The number of aliphatic hydroxyl groups excluding tert-OH is 1. The Morgan fingerprint density at radius 2 is 2.32 bits per heavy atom. The summed E-state index contributed by atoms with van der Waals surface area (Å²) in [7, 11) is 0. The minimum Gasteiger partial charge on any atom is -0.478 e. The number of esters is 1. The maximum absolute atomic E-state index is 11.3. The molecule has 0 amide bonds. The quantitative estimate of drug-likeness (QED) is 0.502. The van der Waals surface area contributed by atoms with Gasteiger partial charge in [0.1, 0.15) is 5.75 Å². The van der Waals surface area contributed by atoms with Crippen molar-refractivity contribution in [3.8, 4) is 5.75 Å². The van der Waals surface area contributed by atoms with Crippen LogP contribution in [0, 0.1) is 10.1 Å². The highest BCUT2D eigenvalue weighted by Gasteiger charge is 2.29. The molecule has 19 heavy (non-hydrogen) atoms. The van der Waals surface area contributed by atoms with E-state index in [-0.39, 0.29) is 17.0 Å². The van der Waals surface area contributed by atoms with Gasteiger partial charge in [0.25, 0.3) is 5.69 Å². The van der Waals surface area contributed by atoms with Gasteiger partial charge in [0, 0.05) is 24.1 Å². The van der Waals surface area contributed by atoms with Gasteiger partial charge in [0.2, 0.25) is 0 Å². The fourth-order valence-electron chi connectivity index (χ4n) is 1.82. The summed E-state index contributed by atoms with van der Waals surface area (Å²) in [6.45, 7) is 1.76. The molecule has 0 radical (unpaired) electrons. The van der Waals surface area contributed by atoms with E-state index in [2.05, 4.69) is 0 Å². The van der Waals surface area contributed by atoms with Crippen molar-refractivity contribution < 1.29 is 24.3 Å². The fourth-order valence-corrected chi connectivity index (χ4v) is 1.82. The fraction of sp³-hybridized carbons (Fsp3) is 0.417. The second kappa shape index (κ2) is 5.23. The van der Waals surface area contributed by atoms with Crippen molar-refractivity contribution in [3.63, 3.8) is 0 Å². The monoisotopic (exact) mass is 267 g/mol. The number of non-ortho nitro benzene ring substituents is 1. The van der Waals surface area contributed by atoms with Gasteiger partial charge >= 0.3 is 5.97 Å². The summed E-state index contributed by atoms with van der Waals surface area (Å²) in [6, 6.07) is 3.88. The van der Waals surface area contributed by atoms with Crippen molar-refractivity contribution in [1.82, 2.24) is 0 Å². The maximum Gasteiger partial charge on any atom is 0.347 e. The van der Waals surface area contributed by atoms with Crippen LogP contribution in [0.2, 0.25) is 0 Å². The van der Waals surface area contributed by atoms with E-state index in [1.54, 1.807) is 0 Å². The van der Waals surface area contributed by atoms with Crippen molar-refractivity contribution in [3.05, 3.63) is 33.9 Å². The summed E-state index contributed by atoms with van der Waals surface area (Å²) in [5.41, 5.74) is 0.131. The van der Waals surface area contributed by atoms with E-state index < -0.39 is 23.1 Å². The smallest absolute Gasteiger partial charge is 0.347 e. The predicted octanol–water partition coefficient (Wildman–Crippen LogP) is 1.34. The van der Waals surface area contributed by atoms with Gasteiger partial charge in [-0.1, -0.05) is 0 Å². The van der Waals surface area contributed by atoms with Crippen LogP contribution in [0.3, 0.4) is 0 Å². The zero-order valence-electron chi connectivity index (χ0n) is 10.2. The number of benzene rings is 1. The molecule has 1 aromatic rings. The first kappa shape index (κ1) is 13.3. The Morgan fingerprint density at radius 1 is 1.58 bits per heavy atom. The summed E-state index contributed by atoms with van der Waals surface area (Å²) in [5.74, 6) is -0.209. The maximum atomic E-state index is 11.3.